The van der Waals surface area contributed by atoms with Crippen LogP contribution in [0, 0.1) is 11.6 Å². The van der Waals surface area contributed by atoms with Gasteiger partial charge >= 0.3 is 0 Å². The molecule has 1 aliphatic carbocycles. The lowest BCUT2D eigenvalue weighted by Crippen LogP contribution is -2.51. The second-order valence-electron chi connectivity index (χ2n) is 9.82. The van der Waals surface area contributed by atoms with E-state index in [0.29, 0.717) is 12.2 Å². The minimum atomic E-state index is -3.83. The van der Waals surface area contributed by atoms with Gasteiger partial charge in [0, 0.05) is 31.6 Å². The summed E-state index contributed by atoms with van der Waals surface area (Å²) in [5, 5.41) is 3.09. The third-order valence-electron chi connectivity index (χ3n) is 6.94. The smallest absolute Gasteiger partial charge is 0.243 e. The monoisotopic (exact) mass is 565 g/mol. The number of sulfonamides is 1. The normalized spacial score (nSPS) is 14.6. The van der Waals surface area contributed by atoms with E-state index in [-0.39, 0.29) is 49.5 Å². The molecule has 1 fully saturated rings. The van der Waals surface area contributed by atoms with Gasteiger partial charge in [0.15, 0.2) is 11.6 Å². The Morgan fingerprint density at radius 3 is 2.31 bits per heavy atom. The molecule has 0 aromatic heterocycles. The first-order chi connectivity index (χ1) is 18.5. The molecule has 2 amide bonds. The summed E-state index contributed by atoms with van der Waals surface area (Å²) in [6, 6.07) is 9.48. The zero-order chi connectivity index (χ0) is 28.6. The molecule has 39 heavy (non-hydrogen) atoms. The van der Waals surface area contributed by atoms with Crippen molar-refractivity contribution in [2.24, 2.45) is 0 Å². The molecule has 2 aromatic rings. The van der Waals surface area contributed by atoms with Gasteiger partial charge in [-0.05, 0) is 55.5 Å². The first-order valence-electron chi connectivity index (χ1n) is 13.2. The summed E-state index contributed by atoms with van der Waals surface area (Å²) in [5.41, 5.74) is 0.789. The van der Waals surface area contributed by atoms with Gasteiger partial charge < -0.3 is 15.0 Å². The Bertz CT molecular complexity index is 1230. The highest BCUT2D eigenvalue weighted by molar-refractivity contribution is 7.92. The second-order valence-corrected chi connectivity index (χ2v) is 11.7. The Kier molecular flexibility index (Phi) is 10.7. The SMILES string of the molecule is CC[C@H](C(=O)NC1CCCC1)N(Cc1ccc(OC)cc1)C(=O)CCCN(c1ccc(F)c(F)c1)S(C)(=O)=O. The average Bonchev–Trinajstić information content (AvgIpc) is 3.40. The fraction of sp³-hybridized carbons (Fsp3) is 0.500. The maximum Gasteiger partial charge on any atom is 0.243 e. The van der Waals surface area contributed by atoms with Gasteiger partial charge in [0.1, 0.15) is 11.8 Å². The van der Waals surface area contributed by atoms with E-state index >= 15 is 0 Å². The predicted molar refractivity (Wildman–Crippen MR) is 146 cm³/mol. The standard InChI is InChI=1S/C28H37F2N3O5S/c1-4-26(28(35)31-21-8-5-6-9-21)32(19-20-11-14-23(38-2)15-12-20)27(34)10-7-17-33(39(3,36)37)22-13-16-24(29)25(30)18-22/h11-16,18,21,26H,4-10,17,19H2,1-3H3,(H,31,35)/t26-/m1/s1. The summed E-state index contributed by atoms with van der Waals surface area (Å²) in [6.45, 7) is 1.93. The summed E-state index contributed by atoms with van der Waals surface area (Å²) in [6.07, 6.45) is 5.40. The van der Waals surface area contributed by atoms with E-state index in [9.17, 15) is 26.8 Å². The van der Waals surface area contributed by atoms with Crippen molar-refractivity contribution in [3.05, 3.63) is 59.7 Å². The molecule has 1 saturated carbocycles. The summed E-state index contributed by atoms with van der Waals surface area (Å²) in [5.74, 6) is -2.09. The van der Waals surface area contributed by atoms with Crippen molar-refractivity contribution in [3.8, 4) is 5.75 Å². The number of hydrogen-bond acceptors (Lipinski definition) is 5. The molecule has 3 rings (SSSR count). The molecule has 1 N–H and O–H groups in total. The quantitative estimate of drug-likeness (QED) is 0.389. The van der Waals surface area contributed by atoms with Crippen molar-refractivity contribution < 1.29 is 31.5 Å². The number of anilines is 1. The first-order valence-corrected chi connectivity index (χ1v) is 15.0. The van der Waals surface area contributed by atoms with Crippen LogP contribution in [-0.2, 0) is 26.2 Å². The lowest BCUT2D eigenvalue weighted by molar-refractivity contribution is -0.141. The van der Waals surface area contributed by atoms with Crippen LogP contribution in [0.15, 0.2) is 42.5 Å². The lowest BCUT2D eigenvalue weighted by atomic mass is 10.1. The molecule has 0 unspecified atom stereocenters. The maximum absolute atomic E-state index is 13.8. The molecule has 214 valence electrons. The number of ether oxygens (including phenoxy) is 1. The minimum absolute atomic E-state index is 0.0266. The topological polar surface area (TPSA) is 96.0 Å². The number of hydrogen-bond donors (Lipinski definition) is 1. The van der Waals surface area contributed by atoms with Crippen LogP contribution < -0.4 is 14.4 Å². The number of nitrogens with zero attached hydrogens (tertiary/aromatic N) is 2. The van der Waals surface area contributed by atoms with Crippen molar-refractivity contribution in [1.29, 1.82) is 0 Å². The molecule has 1 aliphatic rings. The van der Waals surface area contributed by atoms with Crippen LogP contribution in [0.5, 0.6) is 5.75 Å². The molecule has 0 heterocycles. The molecular weight excluding hydrogens is 528 g/mol. The highest BCUT2D eigenvalue weighted by Gasteiger charge is 2.30. The first kappa shape index (κ1) is 30.3. The summed E-state index contributed by atoms with van der Waals surface area (Å²) >= 11 is 0. The van der Waals surface area contributed by atoms with E-state index in [1.165, 1.54) is 11.0 Å². The number of carbonyl (C=O) groups excluding carboxylic acids is 2. The highest BCUT2D eigenvalue weighted by atomic mass is 32.2. The molecule has 8 nitrogen and oxygen atoms in total. The number of rotatable bonds is 13. The Balaban J connectivity index is 1.77. The molecule has 0 aliphatic heterocycles. The van der Waals surface area contributed by atoms with Gasteiger partial charge in [-0.3, -0.25) is 13.9 Å². The van der Waals surface area contributed by atoms with Gasteiger partial charge in [-0.2, -0.15) is 0 Å². The summed E-state index contributed by atoms with van der Waals surface area (Å²) in [4.78, 5) is 28.3. The average molecular weight is 566 g/mol. The van der Waals surface area contributed by atoms with E-state index in [2.05, 4.69) is 5.32 Å². The Labute approximate surface area is 229 Å². The molecule has 0 radical (unpaired) electrons. The van der Waals surface area contributed by atoms with Crippen molar-refractivity contribution >= 4 is 27.5 Å². The van der Waals surface area contributed by atoms with E-state index in [4.69, 9.17) is 4.74 Å². The van der Waals surface area contributed by atoms with Crippen LogP contribution in [0.4, 0.5) is 14.5 Å². The number of carbonyl (C=O) groups is 2. The minimum Gasteiger partial charge on any atom is -0.497 e. The van der Waals surface area contributed by atoms with Gasteiger partial charge in [0.25, 0.3) is 0 Å². The van der Waals surface area contributed by atoms with Crippen LogP contribution in [0.2, 0.25) is 0 Å². The highest BCUT2D eigenvalue weighted by Crippen LogP contribution is 2.23. The van der Waals surface area contributed by atoms with Crippen molar-refractivity contribution in [2.75, 3.05) is 24.2 Å². The number of halogens is 2. The zero-order valence-electron chi connectivity index (χ0n) is 22.7. The van der Waals surface area contributed by atoms with E-state index in [0.717, 1.165) is 53.9 Å². The van der Waals surface area contributed by atoms with Gasteiger partial charge in [0.2, 0.25) is 21.8 Å². The molecular formula is C28H37F2N3O5S. The van der Waals surface area contributed by atoms with Gasteiger partial charge in [-0.25, -0.2) is 17.2 Å². The van der Waals surface area contributed by atoms with Crippen molar-refractivity contribution in [2.45, 2.75) is 70.5 Å². The number of methoxy groups -OCH3 is 1. The summed E-state index contributed by atoms with van der Waals surface area (Å²) in [7, 11) is -2.26. The van der Waals surface area contributed by atoms with E-state index < -0.39 is 27.7 Å². The number of amides is 2. The van der Waals surface area contributed by atoms with Gasteiger partial charge in [-0.1, -0.05) is 31.9 Å². The largest absolute Gasteiger partial charge is 0.497 e. The van der Waals surface area contributed by atoms with Gasteiger partial charge in [0.05, 0.1) is 19.1 Å². The van der Waals surface area contributed by atoms with Crippen LogP contribution in [0.3, 0.4) is 0 Å². The molecule has 11 heteroatoms. The maximum atomic E-state index is 13.8. The van der Waals surface area contributed by atoms with E-state index in [1.54, 1.807) is 19.2 Å². The van der Waals surface area contributed by atoms with E-state index in [1.807, 2.05) is 19.1 Å². The Morgan fingerprint density at radius 1 is 1.08 bits per heavy atom. The van der Waals surface area contributed by atoms with Crippen molar-refractivity contribution in [3.63, 3.8) is 0 Å². The predicted octanol–water partition coefficient (Wildman–Crippen LogP) is 4.39. The lowest BCUT2D eigenvalue weighted by Gasteiger charge is -2.32. The fourth-order valence-electron chi connectivity index (χ4n) is 4.86. The Hall–Kier alpha value is -3.21. The zero-order valence-corrected chi connectivity index (χ0v) is 23.5. The van der Waals surface area contributed by atoms with Crippen LogP contribution in [0.1, 0.15) is 57.4 Å². The number of benzene rings is 2. The second kappa shape index (κ2) is 13.7. The van der Waals surface area contributed by atoms with Crippen LogP contribution in [-0.4, -0.2) is 57.1 Å². The third kappa shape index (κ3) is 8.39. The Morgan fingerprint density at radius 2 is 1.74 bits per heavy atom. The molecule has 0 bridgehead atoms. The molecule has 1 atom stereocenters. The molecule has 2 aromatic carbocycles. The van der Waals surface area contributed by atoms with Gasteiger partial charge in [-0.15, -0.1) is 0 Å². The number of nitrogens with one attached hydrogen (secondary N) is 1. The summed E-state index contributed by atoms with van der Waals surface area (Å²) < 4.78 is 58.1. The molecule has 0 saturated heterocycles. The van der Waals surface area contributed by atoms with Crippen LogP contribution >= 0.6 is 0 Å². The third-order valence-corrected chi connectivity index (χ3v) is 8.14. The molecule has 0 spiro atoms. The van der Waals surface area contributed by atoms with Crippen LogP contribution in [0.25, 0.3) is 0 Å². The van der Waals surface area contributed by atoms with Crippen molar-refractivity contribution in [1.82, 2.24) is 10.2 Å². The fourth-order valence-corrected chi connectivity index (χ4v) is 5.82.